The average Bonchev–Trinajstić information content (AvgIpc) is 2.65. The van der Waals surface area contributed by atoms with Crippen molar-refractivity contribution in [3.05, 3.63) is 5.56 Å². The summed E-state index contributed by atoms with van der Waals surface area (Å²) in [6.07, 6.45) is 2.41. The summed E-state index contributed by atoms with van der Waals surface area (Å²) >= 11 is 0. The lowest BCUT2D eigenvalue weighted by molar-refractivity contribution is 0.439. The largest absolute Gasteiger partial charge is 0.383 e. The maximum absolute atomic E-state index is 9.33. The van der Waals surface area contributed by atoms with Gasteiger partial charge in [-0.15, -0.1) is 0 Å². The number of anilines is 2. The first-order valence-corrected chi connectivity index (χ1v) is 7.04. The minimum atomic E-state index is 0.460. The lowest BCUT2D eigenvalue weighted by atomic mass is 10.0. The van der Waals surface area contributed by atoms with Crippen LogP contribution in [0, 0.1) is 23.2 Å². The molecule has 1 atom stereocenters. The molecule has 104 valence electrons. The van der Waals surface area contributed by atoms with E-state index in [1.165, 1.54) is 6.42 Å². The van der Waals surface area contributed by atoms with Crippen LogP contribution in [0.5, 0.6) is 0 Å². The van der Waals surface area contributed by atoms with Crippen LogP contribution in [0.3, 0.4) is 0 Å². The number of hydrogen-bond acceptors (Lipinski definition) is 4. The Morgan fingerprint density at radius 1 is 1.53 bits per heavy atom. The van der Waals surface area contributed by atoms with Gasteiger partial charge in [0, 0.05) is 19.6 Å². The highest BCUT2D eigenvalue weighted by Crippen LogP contribution is 2.28. The molecule has 0 spiro atoms. The molecule has 1 aromatic rings. The van der Waals surface area contributed by atoms with Crippen LogP contribution < -0.4 is 10.6 Å². The smallest absolute Gasteiger partial charge is 0.170 e. The fourth-order valence-corrected chi connectivity index (χ4v) is 2.66. The zero-order chi connectivity index (χ0) is 14.0. The molecule has 1 aliphatic heterocycles. The topological polar surface area (TPSA) is 70.9 Å². The molecule has 0 bridgehead atoms. The van der Waals surface area contributed by atoms with Gasteiger partial charge in [0.25, 0.3) is 0 Å². The number of aromatic nitrogens is 2. The van der Waals surface area contributed by atoms with Gasteiger partial charge in [0.2, 0.25) is 0 Å². The van der Waals surface area contributed by atoms with Gasteiger partial charge in [-0.2, -0.15) is 10.4 Å². The van der Waals surface area contributed by atoms with E-state index in [0.29, 0.717) is 23.2 Å². The fraction of sp³-hybridized carbons (Fsp3) is 0.714. The number of nitrogens with two attached hydrogens (primary N) is 1. The molecule has 1 unspecified atom stereocenters. The minimum Gasteiger partial charge on any atom is -0.383 e. The zero-order valence-corrected chi connectivity index (χ0v) is 12.1. The van der Waals surface area contributed by atoms with Crippen LogP contribution in [0.2, 0.25) is 0 Å². The molecule has 0 aliphatic carbocycles. The maximum atomic E-state index is 9.33. The molecule has 2 heterocycles. The number of nitrogens with zero attached hydrogens (tertiary/aromatic N) is 4. The molecule has 0 aromatic carbocycles. The van der Waals surface area contributed by atoms with Crippen molar-refractivity contribution in [1.82, 2.24) is 9.78 Å². The van der Waals surface area contributed by atoms with Crippen LogP contribution in [0.25, 0.3) is 0 Å². The van der Waals surface area contributed by atoms with Crippen molar-refractivity contribution in [3.63, 3.8) is 0 Å². The molecule has 1 saturated heterocycles. The van der Waals surface area contributed by atoms with E-state index >= 15 is 0 Å². The van der Waals surface area contributed by atoms with Gasteiger partial charge in [-0.3, -0.25) is 0 Å². The number of rotatable bonds is 3. The lowest BCUT2D eigenvalue weighted by Crippen LogP contribution is -2.35. The quantitative estimate of drug-likeness (QED) is 0.905. The molecule has 5 heteroatoms. The summed E-state index contributed by atoms with van der Waals surface area (Å²) in [6.45, 7) is 9.17. The summed E-state index contributed by atoms with van der Waals surface area (Å²) in [5.74, 6) is 2.38. The molecule has 5 nitrogen and oxygen atoms in total. The van der Waals surface area contributed by atoms with Crippen LogP contribution >= 0.6 is 0 Å². The van der Waals surface area contributed by atoms with Gasteiger partial charge in [0.05, 0.1) is 0 Å². The fourth-order valence-electron chi connectivity index (χ4n) is 2.66. The normalized spacial score (nSPS) is 19.7. The van der Waals surface area contributed by atoms with Crippen LogP contribution in [0.1, 0.15) is 39.2 Å². The standard InChI is InChI=1S/C14H23N5/c1-10(2)8-19-13(16)12(7-15)14(17-19)18-6-4-5-11(3)9-18/h10-11H,4-6,8-9,16H2,1-3H3. The van der Waals surface area contributed by atoms with Crippen molar-refractivity contribution in [2.24, 2.45) is 11.8 Å². The molecule has 0 saturated carbocycles. The van der Waals surface area contributed by atoms with E-state index < -0.39 is 0 Å². The van der Waals surface area contributed by atoms with Gasteiger partial charge in [-0.25, -0.2) is 4.68 Å². The van der Waals surface area contributed by atoms with Gasteiger partial charge < -0.3 is 10.6 Å². The lowest BCUT2D eigenvalue weighted by Gasteiger charge is -2.31. The van der Waals surface area contributed by atoms with Gasteiger partial charge in [0.15, 0.2) is 5.82 Å². The molecule has 19 heavy (non-hydrogen) atoms. The Morgan fingerprint density at radius 2 is 2.26 bits per heavy atom. The highest BCUT2D eigenvalue weighted by Gasteiger charge is 2.24. The Labute approximate surface area is 115 Å². The second kappa shape index (κ2) is 5.52. The second-order valence-corrected chi connectivity index (χ2v) is 5.97. The Morgan fingerprint density at radius 3 is 2.84 bits per heavy atom. The highest BCUT2D eigenvalue weighted by molar-refractivity contribution is 5.65. The van der Waals surface area contributed by atoms with E-state index in [1.807, 2.05) is 0 Å². The number of piperidine rings is 1. The zero-order valence-electron chi connectivity index (χ0n) is 12.1. The molecule has 1 fully saturated rings. The van der Waals surface area contributed by atoms with Crippen molar-refractivity contribution in [2.45, 2.75) is 40.2 Å². The van der Waals surface area contributed by atoms with Crippen molar-refractivity contribution in [3.8, 4) is 6.07 Å². The van der Waals surface area contributed by atoms with E-state index in [2.05, 4.69) is 36.8 Å². The molecule has 2 rings (SSSR count). The summed E-state index contributed by atoms with van der Waals surface area (Å²) in [7, 11) is 0. The maximum Gasteiger partial charge on any atom is 0.170 e. The first kappa shape index (κ1) is 13.7. The SMILES string of the molecule is CC(C)Cn1nc(N2CCCC(C)C2)c(C#N)c1N. The van der Waals surface area contributed by atoms with Gasteiger partial charge in [-0.05, 0) is 24.7 Å². The molecule has 1 aromatic heterocycles. The van der Waals surface area contributed by atoms with Crippen LogP contribution in [-0.2, 0) is 6.54 Å². The van der Waals surface area contributed by atoms with Crippen LogP contribution in [-0.4, -0.2) is 22.9 Å². The van der Waals surface area contributed by atoms with E-state index in [-0.39, 0.29) is 0 Å². The average molecular weight is 261 g/mol. The molecular formula is C14H23N5. The molecule has 1 aliphatic rings. The number of hydrogen-bond donors (Lipinski definition) is 1. The Bertz CT molecular complexity index is 483. The Kier molecular flexibility index (Phi) is 3.98. The molecule has 0 radical (unpaired) electrons. The Balaban J connectivity index is 2.31. The van der Waals surface area contributed by atoms with Crippen molar-refractivity contribution in [2.75, 3.05) is 23.7 Å². The van der Waals surface area contributed by atoms with Crippen LogP contribution in [0.4, 0.5) is 11.6 Å². The van der Waals surface area contributed by atoms with E-state index in [9.17, 15) is 5.26 Å². The second-order valence-electron chi connectivity index (χ2n) is 5.97. The Hall–Kier alpha value is -1.70. The van der Waals surface area contributed by atoms with Crippen LogP contribution in [0.15, 0.2) is 0 Å². The summed E-state index contributed by atoms with van der Waals surface area (Å²) in [4.78, 5) is 2.21. The third kappa shape index (κ3) is 2.83. The van der Waals surface area contributed by atoms with Gasteiger partial charge in [-0.1, -0.05) is 20.8 Å². The van der Waals surface area contributed by atoms with Gasteiger partial charge in [0.1, 0.15) is 17.5 Å². The summed E-state index contributed by atoms with van der Waals surface area (Å²) in [6, 6.07) is 2.22. The molecular weight excluding hydrogens is 238 g/mol. The summed E-state index contributed by atoms with van der Waals surface area (Å²) in [5, 5.41) is 13.9. The van der Waals surface area contributed by atoms with E-state index in [1.54, 1.807) is 4.68 Å². The predicted molar refractivity (Wildman–Crippen MR) is 76.8 cm³/mol. The minimum absolute atomic E-state index is 0.460. The molecule has 2 N–H and O–H groups in total. The number of nitriles is 1. The third-order valence-electron chi connectivity index (χ3n) is 3.58. The summed E-state index contributed by atoms with van der Waals surface area (Å²) in [5.41, 5.74) is 6.59. The monoisotopic (exact) mass is 261 g/mol. The van der Waals surface area contributed by atoms with Gasteiger partial charge >= 0.3 is 0 Å². The van der Waals surface area contributed by atoms with E-state index in [0.717, 1.165) is 31.9 Å². The van der Waals surface area contributed by atoms with Crippen molar-refractivity contribution < 1.29 is 0 Å². The van der Waals surface area contributed by atoms with Crippen molar-refractivity contribution in [1.29, 1.82) is 5.26 Å². The van der Waals surface area contributed by atoms with Crippen molar-refractivity contribution >= 4 is 11.6 Å². The summed E-state index contributed by atoms with van der Waals surface area (Å²) < 4.78 is 1.78. The predicted octanol–water partition coefficient (Wildman–Crippen LogP) is 2.23. The number of nitrogen functional groups attached to an aromatic ring is 1. The molecule has 0 amide bonds. The first-order chi connectivity index (χ1) is 9.02. The highest BCUT2D eigenvalue weighted by atomic mass is 15.4. The first-order valence-electron chi connectivity index (χ1n) is 7.04. The van der Waals surface area contributed by atoms with E-state index in [4.69, 9.17) is 5.73 Å². The third-order valence-corrected chi connectivity index (χ3v) is 3.58.